The summed E-state index contributed by atoms with van der Waals surface area (Å²) in [5.41, 5.74) is 2.38. The van der Waals surface area contributed by atoms with Crippen molar-refractivity contribution in [2.24, 2.45) is 7.05 Å². The first kappa shape index (κ1) is 14.3. The third-order valence-electron chi connectivity index (χ3n) is 3.55. The van der Waals surface area contributed by atoms with E-state index < -0.39 is 0 Å². The number of nitrogens with one attached hydrogen (secondary N) is 1. The SMILES string of the molecule is Cn1nc(CCCc2ccccc2)nc1Nc1ccccc1. The van der Waals surface area contributed by atoms with Crippen LogP contribution < -0.4 is 5.32 Å². The molecule has 2 aromatic carbocycles. The van der Waals surface area contributed by atoms with Crippen molar-refractivity contribution in [3.8, 4) is 0 Å². The Morgan fingerprint density at radius 3 is 2.32 bits per heavy atom. The van der Waals surface area contributed by atoms with E-state index in [0.29, 0.717) is 0 Å². The summed E-state index contributed by atoms with van der Waals surface area (Å²) in [7, 11) is 1.92. The van der Waals surface area contributed by atoms with E-state index in [2.05, 4.69) is 39.7 Å². The summed E-state index contributed by atoms with van der Waals surface area (Å²) in [6, 6.07) is 20.6. The zero-order chi connectivity index (χ0) is 15.2. The van der Waals surface area contributed by atoms with Crippen LogP contribution in [0.15, 0.2) is 60.7 Å². The Bertz CT molecular complexity index is 704. The van der Waals surface area contributed by atoms with Crippen LogP contribution in [0.2, 0.25) is 0 Å². The monoisotopic (exact) mass is 292 g/mol. The predicted octanol–water partition coefficient (Wildman–Crippen LogP) is 3.73. The van der Waals surface area contributed by atoms with Crippen LogP contribution in [-0.2, 0) is 19.9 Å². The van der Waals surface area contributed by atoms with E-state index in [1.54, 1.807) is 4.68 Å². The highest BCUT2D eigenvalue weighted by atomic mass is 15.4. The van der Waals surface area contributed by atoms with Crippen molar-refractivity contribution >= 4 is 11.6 Å². The molecule has 0 atom stereocenters. The molecule has 0 spiro atoms. The third-order valence-corrected chi connectivity index (χ3v) is 3.55. The molecule has 3 rings (SSSR count). The average Bonchev–Trinajstić information content (AvgIpc) is 2.89. The molecule has 0 unspecified atom stereocenters. The number of aryl methyl sites for hydroxylation is 3. The van der Waals surface area contributed by atoms with Crippen LogP contribution in [0.25, 0.3) is 0 Å². The molecule has 0 saturated carbocycles. The summed E-state index contributed by atoms with van der Waals surface area (Å²) in [6.45, 7) is 0. The molecule has 0 aliphatic rings. The molecule has 22 heavy (non-hydrogen) atoms. The number of aromatic nitrogens is 3. The molecule has 0 aliphatic heterocycles. The van der Waals surface area contributed by atoms with Crippen LogP contribution in [0.5, 0.6) is 0 Å². The lowest BCUT2D eigenvalue weighted by atomic mass is 10.1. The van der Waals surface area contributed by atoms with E-state index in [4.69, 9.17) is 0 Å². The molecule has 3 aromatic rings. The Kier molecular flexibility index (Phi) is 4.49. The maximum atomic E-state index is 4.58. The van der Waals surface area contributed by atoms with Crippen LogP contribution in [0, 0.1) is 0 Å². The summed E-state index contributed by atoms with van der Waals surface area (Å²) >= 11 is 0. The van der Waals surface area contributed by atoms with Crippen molar-refractivity contribution in [3.63, 3.8) is 0 Å². The normalized spacial score (nSPS) is 10.6. The lowest BCUT2D eigenvalue weighted by Gasteiger charge is -2.03. The Balaban J connectivity index is 1.58. The second-order valence-electron chi connectivity index (χ2n) is 5.31. The first-order valence-corrected chi connectivity index (χ1v) is 7.57. The lowest BCUT2D eigenvalue weighted by molar-refractivity contribution is 0.721. The molecule has 0 saturated heterocycles. The number of para-hydroxylation sites is 1. The first-order chi connectivity index (χ1) is 10.8. The molecule has 1 heterocycles. The van der Waals surface area contributed by atoms with Crippen molar-refractivity contribution in [1.29, 1.82) is 0 Å². The number of benzene rings is 2. The minimum absolute atomic E-state index is 0.779. The number of anilines is 2. The molecule has 0 radical (unpaired) electrons. The van der Waals surface area contributed by atoms with Crippen LogP contribution in [0.3, 0.4) is 0 Å². The van der Waals surface area contributed by atoms with Gasteiger partial charge in [-0.1, -0.05) is 48.5 Å². The van der Waals surface area contributed by atoms with Crippen molar-refractivity contribution in [2.45, 2.75) is 19.3 Å². The van der Waals surface area contributed by atoms with Crippen molar-refractivity contribution in [3.05, 3.63) is 72.1 Å². The molecule has 0 aliphatic carbocycles. The van der Waals surface area contributed by atoms with Crippen molar-refractivity contribution in [2.75, 3.05) is 5.32 Å². The lowest BCUT2D eigenvalue weighted by Crippen LogP contribution is -1.99. The van der Waals surface area contributed by atoms with Crippen LogP contribution in [-0.4, -0.2) is 14.8 Å². The molecular weight excluding hydrogens is 272 g/mol. The Morgan fingerprint density at radius 2 is 1.59 bits per heavy atom. The van der Waals surface area contributed by atoms with Gasteiger partial charge in [-0.2, -0.15) is 10.1 Å². The van der Waals surface area contributed by atoms with Crippen LogP contribution >= 0.6 is 0 Å². The average molecular weight is 292 g/mol. The highest BCUT2D eigenvalue weighted by Gasteiger charge is 2.07. The Labute approximate surface area is 130 Å². The topological polar surface area (TPSA) is 42.7 Å². The van der Waals surface area contributed by atoms with Gasteiger partial charge in [0, 0.05) is 19.2 Å². The molecule has 1 aromatic heterocycles. The fourth-order valence-electron chi connectivity index (χ4n) is 2.40. The largest absolute Gasteiger partial charge is 0.324 e. The Hall–Kier alpha value is -2.62. The van der Waals surface area contributed by atoms with Gasteiger partial charge in [0.1, 0.15) is 0 Å². The molecule has 112 valence electrons. The van der Waals surface area contributed by atoms with Gasteiger partial charge in [-0.3, -0.25) is 0 Å². The van der Waals surface area contributed by atoms with Gasteiger partial charge in [-0.15, -0.1) is 0 Å². The van der Waals surface area contributed by atoms with Gasteiger partial charge in [0.05, 0.1) is 0 Å². The van der Waals surface area contributed by atoms with Gasteiger partial charge >= 0.3 is 0 Å². The standard InChI is InChI=1S/C18H20N4/c1-22-18(19-16-12-6-3-7-13-16)20-17(21-22)14-8-11-15-9-4-2-5-10-15/h2-7,9-10,12-13H,8,11,14H2,1H3,(H,19,20,21). The van der Waals surface area contributed by atoms with Crippen molar-refractivity contribution < 1.29 is 0 Å². The quantitative estimate of drug-likeness (QED) is 0.752. The molecular formula is C18H20N4. The smallest absolute Gasteiger partial charge is 0.225 e. The fourth-order valence-corrected chi connectivity index (χ4v) is 2.40. The second kappa shape index (κ2) is 6.89. The molecule has 1 N–H and O–H groups in total. The number of nitrogens with zero attached hydrogens (tertiary/aromatic N) is 3. The summed E-state index contributed by atoms with van der Waals surface area (Å²) in [5, 5.41) is 7.77. The van der Waals surface area contributed by atoms with E-state index in [1.165, 1.54) is 5.56 Å². The summed E-state index contributed by atoms with van der Waals surface area (Å²) in [6.07, 6.45) is 3.00. The van der Waals surface area contributed by atoms with Gasteiger partial charge in [-0.25, -0.2) is 4.68 Å². The summed E-state index contributed by atoms with van der Waals surface area (Å²) in [4.78, 5) is 4.58. The molecule has 0 amide bonds. The van der Waals surface area contributed by atoms with E-state index >= 15 is 0 Å². The minimum atomic E-state index is 0.779. The zero-order valence-corrected chi connectivity index (χ0v) is 12.7. The number of hydrogen-bond donors (Lipinski definition) is 1. The van der Waals surface area contributed by atoms with Gasteiger partial charge in [0.2, 0.25) is 5.95 Å². The van der Waals surface area contributed by atoms with Gasteiger partial charge in [0.25, 0.3) is 0 Å². The summed E-state index contributed by atoms with van der Waals surface area (Å²) < 4.78 is 1.80. The van der Waals surface area contributed by atoms with Crippen LogP contribution in [0.1, 0.15) is 17.8 Å². The van der Waals surface area contributed by atoms with E-state index in [9.17, 15) is 0 Å². The second-order valence-corrected chi connectivity index (χ2v) is 5.31. The van der Waals surface area contributed by atoms with E-state index in [0.717, 1.165) is 36.7 Å². The van der Waals surface area contributed by atoms with Gasteiger partial charge in [-0.05, 0) is 30.5 Å². The first-order valence-electron chi connectivity index (χ1n) is 7.57. The third kappa shape index (κ3) is 3.73. The van der Waals surface area contributed by atoms with E-state index in [1.807, 2.05) is 43.4 Å². The van der Waals surface area contributed by atoms with Crippen LogP contribution in [0.4, 0.5) is 11.6 Å². The predicted molar refractivity (Wildman–Crippen MR) is 89.2 cm³/mol. The highest BCUT2D eigenvalue weighted by Crippen LogP contribution is 2.14. The number of hydrogen-bond acceptors (Lipinski definition) is 3. The fraction of sp³-hybridized carbons (Fsp3) is 0.222. The zero-order valence-electron chi connectivity index (χ0n) is 12.7. The highest BCUT2D eigenvalue weighted by molar-refractivity contribution is 5.52. The molecule has 4 nitrogen and oxygen atoms in total. The van der Waals surface area contributed by atoms with Gasteiger partial charge < -0.3 is 5.32 Å². The molecule has 0 bridgehead atoms. The minimum Gasteiger partial charge on any atom is -0.324 e. The van der Waals surface area contributed by atoms with Crippen molar-refractivity contribution in [1.82, 2.24) is 14.8 Å². The maximum absolute atomic E-state index is 4.58. The Morgan fingerprint density at radius 1 is 0.909 bits per heavy atom. The van der Waals surface area contributed by atoms with Gasteiger partial charge in [0.15, 0.2) is 5.82 Å². The molecule has 4 heteroatoms. The number of rotatable bonds is 6. The molecule has 0 fully saturated rings. The summed E-state index contributed by atoms with van der Waals surface area (Å²) in [5.74, 6) is 1.66. The maximum Gasteiger partial charge on any atom is 0.225 e. The van der Waals surface area contributed by atoms with E-state index in [-0.39, 0.29) is 0 Å².